The first-order valence-electron chi connectivity index (χ1n) is 2.88. The van der Waals surface area contributed by atoms with Gasteiger partial charge in [-0.15, -0.1) is 0 Å². The Morgan fingerprint density at radius 3 is 1.79 bits per heavy atom. The van der Waals surface area contributed by atoms with Crippen LogP contribution < -0.4 is 0 Å². The van der Waals surface area contributed by atoms with E-state index in [-0.39, 0.29) is 21.1 Å². The van der Waals surface area contributed by atoms with Gasteiger partial charge in [0.15, 0.2) is 10.1 Å². The number of aliphatic hydroxyl groups excluding tert-OH is 1. The van der Waals surface area contributed by atoms with Crippen LogP contribution in [0.25, 0.3) is 0 Å². The summed E-state index contributed by atoms with van der Waals surface area (Å²) in [7, 11) is -6.43. The van der Waals surface area contributed by atoms with Crippen molar-refractivity contribution in [3.8, 4) is 0 Å². The van der Waals surface area contributed by atoms with Gasteiger partial charge in [0.1, 0.15) is 0 Å². The van der Waals surface area contributed by atoms with E-state index in [1.165, 1.54) is 0 Å². The second-order valence-corrected chi connectivity index (χ2v) is 3.57. The van der Waals surface area contributed by atoms with Gasteiger partial charge in [-0.3, -0.25) is 0 Å². The van der Waals surface area contributed by atoms with Gasteiger partial charge in [-0.1, -0.05) is 0 Å². The van der Waals surface area contributed by atoms with E-state index in [1.54, 1.807) is 0 Å². The Hall–Kier alpha value is 0.278. The van der Waals surface area contributed by atoms with Gasteiger partial charge in [0.2, 0.25) is 0 Å². The minimum atomic E-state index is -6.43. The topological polar surface area (TPSA) is 77.4 Å². The van der Waals surface area contributed by atoms with Crippen LogP contribution in [-0.2, 0) is 31.2 Å². The molecular weight excluding hydrogens is 404 g/mol. The minimum Gasteiger partial charge on any atom is -0.743 e. The Bertz CT molecular complexity index is 277. The van der Waals surface area contributed by atoms with Gasteiger partial charge in [0.05, 0.1) is 0 Å². The summed E-state index contributed by atoms with van der Waals surface area (Å²) in [5.41, 5.74) is 0. The van der Waals surface area contributed by atoms with Crippen LogP contribution in [0.3, 0.4) is 0 Å². The van der Waals surface area contributed by atoms with Crippen molar-refractivity contribution in [1.82, 2.24) is 0 Å². The van der Waals surface area contributed by atoms with Crippen LogP contribution in [0.2, 0.25) is 0 Å². The molecule has 0 aliphatic carbocycles. The standard InChI is InChI=1S/C4H6F4O4S.W/c5-3(6,1-2-9)4(7,8)13(10,11)12;/h9H,1-2H2,(H,10,11,12);/p-1. The number of hydrogen-bond donors (Lipinski definition) is 1. The van der Waals surface area contributed by atoms with Gasteiger partial charge in [-0.2, -0.15) is 17.6 Å². The van der Waals surface area contributed by atoms with E-state index >= 15 is 0 Å². The first kappa shape index (κ1) is 16.7. The van der Waals surface area contributed by atoms with Gasteiger partial charge < -0.3 is 9.66 Å². The van der Waals surface area contributed by atoms with Crippen molar-refractivity contribution in [1.29, 1.82) is 0 Å². The fourth-order valence-corrected chi connectivity index (χ4v) is 0.937. The summed E-state index contributed by atoms with van der Waals surface area (Å²) >= 11 is 0. The maximum atomic E-state index is 12.2. The summed E-state index contributed by atoms with van der Waals surface area (Å²) in [4.78, 5) is 0. The van der Waals surface area contributed by atoms with Crippen LogP contribution in [0.1, 0.15) is 6.42 Å². The van der Waals surface area contributed by atoms with Crippen LogP contribution in [0, 0.1) is 0 Å². The zero-order chi connectivity index (χ0) is 10.9. The molecule has 0 aliphatic heterocycles. The molecule has 0 rings (SSSR count). The Labute approximate surface area is 91.3 Å². The Morgan fingerprint density at radius 1 is 1.21 bits per heavy atom. The molecule has 0 heterocycles. The zero-order valence-corrected chi connectivity index (χ0v) is 10.2. The summed E-state index contributed by atoms with van der Waals surface area (Å²) in [5.74, 6) is -5.05. The molecule has 4 nitrogen and oxygen atoms in total. The summed E-state index contributed by atoms with van der Waals surface area (Å²) in [6.07, 6.45) is -1.79. The summed E-state index contributed by atoms with van der Waals surface area (Å²) < 4.78 is 77.8. The molecule has 1 N–H and O–H groups in total. The van der Waals surface area contributed by atoms with Crippen molar-refractivity contribution in [3.63, 3.8) is 0 Å². The van der Waals surface area contributed by atoms with Crippen LogP contribution in [-0.4, -0.2) is 35.9 Å². The fourth-order valence-electron chi connectivity index (χ4n) is 0.469. The molecule has 0 spiro atoms. The van der Waals surface area contributed by atoms with Gasteiger partial charge in [-0.25, -0.2) is 8.42 Å². The smallest absolute Gasteiger partial charge is 0.396 e. The van der Waals surface area contributed by atoms with Gasteiger partial charge in [-0.05, 0) is 0 Å². The molecule has 0 aromatic carbocycles. The second kappa shape index (κ2) is 4.87. The molecule has 10 heteroatoms. The maximum absolute atomic E-state index is 12.2. The van der Waals surface area contributed by atoms with Crippen molar-refractivity contribution in [3.05, 3.63) is 0 Å². The average Bonchev–Trinajstić information content (AvgIpc) is 1.84. The zero-order valence-electron chi connectivity index (χ0n) is 6.41. The second-order valence-electron chi connectivity index (χ2n) is 2.15. The number of halogens is 4. The quantitative estimate of drug-likeness (QED) is 0.530. The van der Waals surface area contributed by atoms with E-state index < -0.39 is 34.3 Å². The average molecular weight is 409 g/mol. The SMILES string of the molecule is O=S(=O)([O-])C(F)(F)C(F)(F)CCO.[W]. The Morgan fingerprint density at radius 2 is 1.57 bits per heavy atom. The molecule has 0 radical (unpaired) electrons. The van der Waals surface area contributed by atoms with Crippen LogP contribution in [0.15, 0.2) is 0 Å². The van der Waals surface area contributed by atoms with E-state index in [4.69, 9.17) is 5.11 Å². The molecule has 0 amide bonds. The van der Waals surface area contributed by atoms with E-state index in [1.807, 2.05) is 0 Å². The van der Waals surface area contributed by atoms with Crippen molar-refractivity contribution < 1.29 is 56.7 Å². The summed E-state index contributed by atoms with van der Waals surface area (Å²) in [6.45, 7) is -1.35. The predicted octanol–water partition coefficient (Wildman–Crippen LogP) is 0.140. The van der Waals surface area contributed by atoms with E-state index in [9.17, 15) is 30.5 Å². The predicted molar refractivity (Wildman–Crippen MR) is 31.3 cm³/mol. The van der Waals surface area contributed by atoms with Crippen LogP contribution in [0.5, 0.6) is 0 Å². The van der Waals surface area contributed by atoms with E-state index in [2.05, 4.69) is 0 Å². The number of alkyl halides is 4. The Balaban J connectivity index is 0. The molecular formula is C4H5F4O4SW-. The molecule has 0 saturated heterocycles. The molecule has 0 aromatic rings. The van der Waals surface area contributed by atoms with Gasteiger partial charge in [0.25, 0.3) is 0 Å². The third-order valence-corrected chi connectivity index (χ3v) is 2.09. The number of aliphatic hydroxyl groups is 1. The molecule has 14 heavy (non-hydrogen) atoms. The first-order valence-corrected chi connectivity index (χ1v) is 4.29. The molecule has 0 bridgehead atoms. The molecule has 0 aliphatic rings. The summed E-state index contributed by atoms with van der Waals surface area (Å²) in [6, 6.07) is 0. The molecule has 0 unspecified atom stereocenters. The van der Waals surface area contributed by atoms with Gasteiger partial charge >= 0.3 is 11.2 Å². The van der Waals surface area contributed by atoms with Gasteiger partial charge in [0, 0.05) is 34.1 Å². The minimum absolute atomic E-state index is 0. The van der Waals surface area contributed by atoms with Crippen LogP contribution >= 0.6 is 0 Å². The normalized spacial score (nSPS) is 13.6. The molecule has 0 fully saturated rings. The largest absolute Gasteiger partial charge is 0.743 e. The maximum Gasteiger partial charge on any atom is 0.396 e. The third kappa shape index (κ3) is 3.15. The number of hydrogen-bond acceptors (Lipinski definition) is 4. The third-order valence-electron chi connectivity index (χ3n) is 1.17. The monoisotopic (exact) mass is 409 g/mol. The first-order chi connectivity index (χ1) is 5.56. The Kier molecular flexibility index (Phi) is 5.81. The molecule has 86 valence electrons. The summed E-state index contributed by atoms with van der Waals surface area (Å²) in [5, 5.41) is 2.23. The van der Waals surface area contributed by atoms with Crippen molar-refractivity contribution in [2.45, 2.75) is 17.6 Å². The van der Waals surface area contributed by atoms with Crippen molar-refractivity contribution in [2.75, 3.05) is 6.61 Å². The molecule has 0 saturated carbocycles. The number of rotatable bonds is 4. The van der Waals surface area contributed by atoms with Crippen molar-refractivity contribution >= 4 is 10.1 Å². The molecule has 0 aromatic heterocycles. The van der Waals surface area contributed by atoms with Crippen LogP contribution in [0.4, 0.5) is 17.6 Å². The molecule has 0 atom stereocenters. The van der Waals surface area contributed by atoms with Crippen molar-refractivity contribution in [2.24, 2.45) is 0 Å². The van der Waals surface area contributed by atoms with E-state index in [0.717, 1.165) is 0 Å². The fraction of sp³-hybridized carbons (Fsp3) is 1.00. The van der Waals surface area contributed by atoms with E-state index in [0.29, 0.717) is 0 Å².